The zero-order valence-corrected chi connectivity index (χ0v) is 24.2. The van der Waals surface area contributed by atoms with Crippen molar-refractivity contribution in [2.45, 2.75) is 45.3 Å². The highest BCUT2D eigenvalue weighted by atomic mass is 32.1. The van der Waals surface area contributed by atoms with Gasteiger partial charge >= 0.3 is 5.91 Å². The van der Waals surface area contributed by atoms with Crippen molar-refractivity contribution in [1.29, 1.82) is 0 Å². The fourth-order valence-corrected chi connectivity index (χ4v) is 6.38. The van der Waals surface area contributed by atoms with Crippen LogP contribution in [-0.2, 0) is 16.0 Å². The highest BCUT2D eigenvalue weighted by Gasteiger charge is 2.48. The summed E-state index contributed by atoms with van der Waals surface area (Å²) in [6.07, 6.45) is 2.49. The lowest BCUT2D eigenvalue weighted by atomic mass is 9.94. The summed E-state index contributed by atoms with van der Waals surface area (Å²) in [5, 5.41) is 11.8. The minimum atomic E-state index is -1.03. The van der Waals surface area contributed by atoms with E-state index in [-0.39, 0.29) is 22.6 Å². The van der Waals surface area contributed by atoms with E-state index in [2.05, 4.69) is 11.9 Å². The van der Waals surface area contributed by atoms with Crippen LogP contribution in [0.3, 0.4) is 0 Å². The maximum absolute atomic E-state index is 14.0. The number of anilines is 1. The summed E-state index contributed by atoms with van der Waals surface area (Å²) in [7, 11) is 1.51. The zero-order valence-electron chi connectivity index (χ0n) is 23.3. The Bertz CT molecular complexity index is 1750. The second kappa shape index (κ2) is 11.1. The number of aliphatic hydroxyl groups excluding tert-OH is 1. The Hall–Kier alpha value is -4.44. The number of thiazole rings is 1. The number of fused-ring (bicyclic) bond motifs is 2. The van der Waals surface area contributed by atoms with E-state index >= 15 is 0 Å². The molecule has 0 spiro atoms. The van der Waals surface area contributed by atoms with Gasteiger partial charge in [-0.05, 0) is 73.0 Å². The molecule has 0 bridgehead atoms. The Morgan fingerprint density at radius 2 is 1.98 bits per heavy atom. The number of amides is 1. The Morgan fingerprint density at radius 3 is 2.76 bits per heavy atom. The molecule has 2 aliphatic rings. The molecule has 0 unspecified atom stereocenters. The first-order valence-electron chi connectivity index (χ1n) is 13.8. The fourth-order valence-electron chi connectivity index (χ4n) is 5.36. The molecule has 8 nitrogen and oxygen atoms in total. The second-order valence-corrected chi connectivity index (χ2v) is 11.4. The van der Waals surface area contributed by atoms with E-state index in [0.717, 1.165) is 35.5 Å². The highest BCUT2D eigenvalue weighted by Crippen LogP contribution is 2.46. The van der Waals surface area contributed by atoms with Crippen LogP contribution in [0.2, 0.25) is 0 Å². The molecular formula is C32H29FN2O6S. The molecule has 4 aromatic rings. The van der Waals surface area contributed by atoms with Gasteiger partial charge in [0.1, 0.15) is 23.4 Å². The molecule has 1 fully saturated rings. The van der Waals surface area contributed by atoms with E-state index in [1.165, 1.54) is 30.2 Å². The Labute approximate surface area is 246 Å². The first-order chi connectivity index (χ1) is 20.3. The van der Waals surface area contributed by atoms with Crippen LogP contribution < -0.4 is 19.1 Å². The number of hydrogen-bond donors (Lipinski definition) is 1. The topological polar surface area (TPSA) is 98.2 Å². The molecular weight excluding hydrogens is 559 g/mol. The van der Waals surface area contributed by atoms with E-state index in [4.69, 9.17) is 14.2 Å². The number of benzene rings is 3. The predicted octanol–water partition coefficient (Wildman–Crippen LogP) is 6.57. The molecule has 0 aliphatic carbocycles. The van der Waals surface area contributed by atoms with Crippen LogP contribution in [0.4, 0.5) is 9.52 Å². The van der Waals surface area contributed by atoms with Crippen molar-refractivity contribution in [2.75, 3.05) is 18.6 Å². The van der Waals surface area contributed by atoms with Crippen molar-refractivity contribution in [2.24, 2.45) is 0 Å². The predicted molar refractivity (Wildman–Crippen MR) is 158 cm³/mol. The molecule has 42 heavy (non-hydrogen) atoms. The number of carbonyl (C=O) groups excluding carboxylic acids is 2. The lowest BCUT2D eigenvalue weighted by Crippen LogP contribution is -2.29. The van der Waals surface area contributed by atoms with Gasteiger partial charge in [0.15, 0.2) is 16.6 Å². The van der Waals surface area contributed by atoms with Gasteiger partial charge < -0.3 is 19.3 Å². The maximum Gasteiger partial charge on any atom is 0.301 e. The molecule has 1 saturated heterocycles. The van der Waals surface area contributed by atoms with Crippen LogP contribution in [0.5, 0.6) is 17.2 Å². The van der Waals surface area contributed by atoms with Gasteiger partial charge in [0, 0.05) is 12.0 Å². The Balaban J connectivity index is 1.51. The van der Waals surface area contributed by atoms with Crippen molar-refractivity contribution < 1.29 is 33.3 Å². The number of aliphatic hydroxyl groups is 1. The molecule has 1 N–H and O–H groups in total. The van der Waals surface area contributed by atoms with Crippen molar-refractivity contribution in [3.8, 4) is 17.2 Å². The van der Waals surface area contributed by atoms with Gasteiger partial charge in [-0.15, -0.1) is 0 Å². The molecule has 1 amide bonds. The number of halogens is 1. The molecule has 2 aliphatic heterocycles. The number of rotatable bonds is 8. The number of hydrogen-bond acceptors (Lipinski definition) is 8. The van der Waals surface area contributed by atoms with Gasteiger partial charge in [0.25, 0.3) is 5.78 Å². The first-order valence-corrected chi connectivity index (χ1v) is 14.6. The number of ketones is 1. The van der Waals surface area contributed by atoms with Gasteiger partial charge in [0.2, 0.25) is 0 Å². The quantitative estimate of drug-likeness (QED) is 0.108. The smallest absolute Gasteiger partial charge is 0.301 e. The van der Waals surface area contributed by atoms with Crippen LogP contribution in [0.1, 0.15) is 49.4 Å². The molecule has 216 valence electrons. The van der Waals surface area contributed by atoms with Crippen molar-refractivity contribution in [1.82, 2.24) is 4.98 Å². The van der Waals surface area contributed by atoms with Gasteiger partial charge in [-0.25, -0.2) is 9.37 Å². The molecule has 0 radical (unpaired) electrons. The van der Waals surface area contributed by atoms with Crippen LogP contribution in [0.25, 0.3) is 16.0 Å². The average molecular weight is 589 g/mol. The molecule has 10 heteroatoms. The zero-order chi connectivity index (χ0) is 29.5. The number of carbonyl (C=O) groups is 2. The lowest BCUT2D eigenvalue weighted by molar-refractivity contribution is -0.132. The SMILES string of the molecule is CCCCOc1ccc([C@H]2/C(=C(\O)c3ccc4c(c3)C[C@@H](C)O4)C(=O)C(=O)N2c2nc3ccc(F)cc3s2)cc1OC. The van der Waals surface area contributed by atoms with E-state index < -0.39 is 23.5 Å². The van der Waals surface area contributed by atoms with Gasteiger partial charge in [0.05, 0.1) is 35.5 Å². The fraction of sp³-hybridized carbons (Fsp3) is 0.281. The van der Waals surface area contributed by atoms with Crippen LogP contribution in [0, 0.1) is 5.82 Å². The summed E-state index contributed by atoms with van der Waals surface area (Å²) in [5.41, 5.74) is 2.22. The largest absolute Gasteiger partial charge is 0.507 e. The normalized spacial score (nSPS) is 19.3. The molecule has 0 saturated carbocycles. The van der Waals surface area contributed by atoms with Crippen molar-refractivity contribution in [3.05, 3.63) is 82.7 Å². The third kappa shape index (κ3) is 4.85. The number of Topliss-reactive ketones (excluding diaryl/α,β-unsaturated/α-hetero) is 1. The minimum absolute atomic E-state index is 0.00243. The van der Waals surface area contributed by atoms with Crippen molar-refractivity contribution >= 4 is 44.1 Å². The number of unbranched alkanes of at least 4 members (excludes halogenated alkanes) is 1. The van der Waals surface area contributed by atoms with Crippen LogP contribution in [-0.4, -0.2) is 41.6 Å². The summed E-state index contributed by atoms with van der Waals surface area (Å²) in [5.74, 6) is -0.774. The Morgan fingerprint density at radius 1 is 1.14 bits per heavy atom. The Kier molecular flexibility index (Phi) is 7.32. The van der Waals surface area contributed by atoms with Gasteiger partial charge in [-0.1, -0.05) is 30.7 Å². The molecule has 2 atom stereocenters. The molecule has 3 heterocycles. The number of aromatic nitrogens is 1. The van der Waals surface area contributed by atoms with Gasteiger partial charge in [-0.3, -0.25) is 14.5 Å². The van der Waals surface area contributed by atoms with Gasteiger partial charge in [-0.2, -0.15) is 0 Å². The summed E-state index contributed by atoms with van der Waals surface area (Å²) in [4.78, 5) is 33.1. The average Bonchev–Trinajstić information content (AvgIpc) is 3.64. The number of methoxy groups -OCH3 is 1. The maximum atomic E-state index is 14.0. The van der Waals surface area contributed by atoms with Crippen molar-refractivity contribution in [3.63, 3.8) is 0 Å². The molecule has 6 rings (SSSR count). The summed E-state index contributed by atoms with van der Waals surface area (Å²) in [6, 6.07) is 13.5. The van der Waals surface area contributed by atoms with Crippen LogP contribution >= 0.6 is 11.3 Å². The highest BCUT2D eigenvalue weighted by molar-refractivity contribution is 7.22. The summed E-state index contributed by atoms with van der Waals surface area (Å²) >= 11 is 1.09. The van der Waals surface area contributed by atoms with Crippen LogP contribution in [0.15, 0.2) is 60.2 Å². The summed E-state index contributed by atoms with van der Waals surface area (Å²) < 4.78 is 31.8. The van der Waals surface area contributed by atoms with E-state index in [0.29, 0.717) is 45.9 Å². The molecule has 1 aromatic heterocycles. The number of ether oxygens (including phenoxy) is 3. The van der Waals surface area contributed by atoms with E-state index in [1.54, 1.807) is 36.4 Å². The minimum Gasteiger partial charge on any atom is -0.507 e. The second-order valence-electron chi connectivity index (χ2n) is 10.3. The van der Waals surface area contributed by atoms with E-state index in [1.807, 2.05) is 6.92 Å². The standard InChI is InChI=1S/C32H29FN2O6S/c1-4-5-12-40-24-11-6-18(15-25(24)39-3)28-27(29(36)19-7-10-23-20(14-19)13-17(2)41-23)30(37)31(38)35(28)32-34-22-9-8-21(33)16-26(22)42-32/h6-11,14-17,28,36H,4-5,12-13H2,1-3H3/b29-27+/t17-,28+/m1/s1. The third-order valence-corrected chi connectivity index (χ3v) is 8.44. The first kappa shape index (κ1) is 27.7. The molecule has 3 aromatic carbocycles. The van der Waals surface area contributed by atoms with E-state index in [9.17, 15) is 19.1 Å². The lowest BCUT2D eigenvalue weighted by Gasteiger charge is -2.24. The number of nitrogens with zero attached hydrogens (tertiary/aromatic N) is 2. The third-order valence-electron chi connectivity index (χ3n) is 7.42. The summed E-state index contributed by atoms with van der Waals surface area (Å²) in [6.45, 7) is 4.53. The monoisotopic (exact) mass is 588 g/mol.